The highest BCUT2D eigenvalue weighted by Crippen LogP contribution is 2.21. The third kappa shape index (κ3) is 2.46. The summed E-state index contributed by atoms with van der Waals surface area (Å²) in [6, 6.07) is 6.58. The van der Waals surface area contributed by atoms with Gasteiger partial charge in [-0.25, -0.2) is 0 Å². The maximum Gasteiger partial charge on any atom is 0.170 e. The Hall–Kier alpha value is -1.57. The van der Waals surface area contributed by atoms with Gasteiger partial charge < -0.3 is 15.9 Å². The lowest BCUT2D eigenvalue weighted by molar-refractivity contribution is 0.0527. The minimum atomic E-state index is -1.40. The van der Waals surface area contributed by atoms with Gasteiger partial charge in [-0.05, 0) is 23.6 Å². The molecule has 0 aromatic heterocycles. The Morgan fingerprint density at radius 2 is 2.13 bits per heavy atom. The standard InChI is InChI=1S/C11H14N2O2/c1-2-7-5-8(3-4-9(7)13)11(15)10(14)6-12/h3-5,10-11,14-15H,2,13H2,1H3. The van der Waals surface area contributed by atoms with E-state index in [1.165, 1.54) is 0 Å². The number of hydrogen-bond acceptors (Lipinski definition) is 4. The Morgan fingerprint density at radius 1 is 1.47 bits per heavy atom. The molecule has 0 fully saturated rings. The lowest BCUT2D eigenvalue weighted by atomic mass is 10.0. The SMILES string of the molecule is CCc1cc(C(O)C(O)C#N)ccc1N. The molecule has 4 nitrogen and oxygen atoms in total. The molecule has 0 heterocycles. The van der Waals surface area contributed by atoms with Crippen LogP contribution in [-0.2, 0) is 6.42 Å². The van der Waals surface area contributed by atoms with Crippen LogP contribution in [0.1, 0.15) is 24.2 Å². The van der Waals surface area contributed by atoms with E-state index in [1.54, 1.807) is 24.3 Å². The zero-order valence-corrected chi connectivity index (χ0v) is 8.51. The molecule has 15 heavy (non-hydrogen) atoms. The molecule has 1 aromatic carbocycles. The third-order valence-electron chi connectivity index (χ3n) is 2.32. The van der Waals surface area contributed by atoms with Gasteiger partial charge in [0.05, 0.1) is 6.07 Å². The molecule has 80 valence electrons. The van der Waals surface area contributed by atoms with Gasteiger partial charge in [0, 0.05) is 5.69 Å². The van der Waals surface area contributed by atoms with Crippen molar-refractivity contribution in [3.8, 4) is 6.07 Å². The second-order valence-corrected chi connectivity index (χ2v) is 3.33. The van der Waals surface area contributed by atoms with Gasteiger partial charge in [-0.3, -0.25) is 0 Å². The maximum atomic E-state index is 9.59. The predicted octanol–water partition coefficient (Wildman–Crippen LogP) is 0.749. The molecule has 2 unspecified atom stereocenters. The summed E-state index contributed by atoms with van der Waals surface area (Å²) in [6.45, 7) is 1.95. The summed E-state index contributed by atoms with van der Waals surface area (Å²) in [5.41, 5.74) is 7.76. The molecule has 0 spiro atoms. The van der Waals surface area contributed by atoms with Gasteiger partial charge in [0.1, 0.15) is 6.10 Å². The lowest BCUT2D eigenvalue weighted by Crippen LogP contribution is -2.16. The number of hydrogen-bond donors (Lipinski definition) is 3. The van der Waals surface area contributed by atoms with Crippen LogP contribution in [0, 0.1) is 11.3 Å². The fraction of sp³-hybridized carbons (Fsp3) is 0.364. The lowest BCUT2D eigenvalue weighted by Gasteiger charge is -2.14. The molecule has 1 aromatic rings. The van der Waals surface area contributed by atoms with Crippen LogP contribution in [0.3, 0.4) is 0 Å². The van der Waals surface area contributed by atoms with Crippen LogP contribution in [0.2, 0.25) is 0 Å². The van der Waals surface area contributed by atoms with E-state index in [0.717, 1.165) is 12.0 Å². The molecule has 0 aliphatic carbocycles. The molecule has 0 radical (unpaired) electrons. The second kappa shape index (κ2) is 4.78. The van der Waals surface area contributed by atoms with Gasteiger partial charge in [-0.15, -0.1) is 0 Å². The minimum Gasteiger partial charge on any atom is -0.399 e. The van der Waals surface area contributed by atoms with Crippen molar-refractivity contribution in [2.45, 2.75) is 25.6 Å². The van der Waals surface area contributed by atoms with E-state index in [1.807, 2.05) is 6.92 Å². The van der Waals surface area contributed by atoms with E-state index in [-0.39, 0.29) is 0 Å². The van der Waals surface area contributed by atoms with E-state index >= 15 is 0 Å². The summed E-state index contributed by atoms with van der Waals surface area (Å²) >= 11 is 0. The highest BCUT2D eigenvalue weighted by molar-refractivity contribution is 5.49. The summed E-state index contributed by atoms with van der Waals surface area (Å²) < 4.78 is 0. The van der Waals surface area contributed by atoms with Crippen molar-refractivity contribution < 1.29 is 10.2 Å². The average Bonchev–Trinajstić information content (AvgIpc) is 2.27. The van der Waals surface area contributed by atoms with Gasteiger partial charge >= 0.3 is 0 Å². The van der Waals surface area contributed by atoms with Crippen molar-refractivity contribution in [3.63, 3.8) is 0 Å². The Kier molecular flexibility index (Phi) is 3.67. The molecule has 0 amide bonds. The van der Waals surface area contributed by atoms with Crippen molar-refractivity contribution in [3.05, 3.63) is 29.3 Å². The first-order valence-corrected chi connectivity index (χ1v) is 4.74. The number of rotatable bonds is 3. The number of nitrogens with zero attached hydrogens (tertiary/aromatic N) is 1. The zero-order chi connectivity index (χ0) is 11.4. The molecular weight excluding hydrogens is 192 g/mol. The van der Waals surface area contributed by atoms with Crippen LogP contribution >= 0.6 is 0 Å². The van der Waals surface area contributed by atoms with Gasteiger partial charge in [-0.1, -0.05) is 19.1 Å². The molecule has 0 aliphatic rings. The fourth-order valence-corrected chi connectivity index (χ4v) is 1.37. The summed E-state index contributed by atoms with van der Waals surface area (Å²) in [5, 5.41) is 27.2. The summed E-state index contributed by atoms with van der Waals surface area (Å²) in [6.07, 6.45) is -1.84. The highest BCUT2D eigenvalue weighted by Gasteiger charge is 2.17. The first kappa shape index (κ1) is 11.5. The maximum absolute atomic E-state index is 9.59. The Labute approximate surface area is 88.6 Å². The monoisotopic (exact) mass is 206 g/mol. The summed E-state index contributed by atoms with van der Waals surface area (Å²) in [5.74, 6) is 0. The molecule has 4 heteroatoms. The molecule has 0 aliphatic heterocycles. The number of nitrogens with two attached hydrogens (primary N) is 1. The van der Waals surface area contributed by atoms with Crippen LogP contribution in [-0.4, -0.2) is 16.3 Å². The van der Waals surface area contributed by atoms with Crippen molar-refractivity contribution in [2.24, 2.45) is 0 Å². The summed E-state index contributed by atoms with van der Waals surface area (Å²) in [7, 11) is 0. The molecule has 4 N–H and O–H groups in total. The predicted molar refractivity (Wildman–Crippen MR) is 56.8 cm³/mol. The average molecular weight is 206 g/mol. The van der Waals surface area contributed by atoms with Gasteiger partial charge in [0.2, 0.25) is 0 Å². The number of nitriles is 1. The molecular formula is C11H14N2O2. The van der Waals surface area contributed by atoms with Crippen molar-refractivity contribution in [2.75, 3.05) is 5.73 Å². The second-order valence-electron chi connectivity index (χ2n) is 3.33. The van der Waals surface area contributed by atoms with Gasteiger partial charge in [0.25, 0.3) is 0 Å². The topological polar surface area (TPSA) is 90.3 Å². The molecule has 2 atom stereocenters. The van der Waals surface area contributed by atoms with Crippen LogP contribution in [0.25, 0.3) is 0 Å². The number of nitrogen functional groups attached to an aromatic ring is 1. The van der Waals surface area contributed by atoms with E-state index in [9.17, 15) is 10.2 Å². The van der Waals surface area contributed by atoms with Gasteiger partial charge in [0.15, 0.2) is 6.10 Å². The quantitative estimate of drug-likeness (QED) is 0.502. The van der Waals surface area contributed by atoms with Crippen LogP contribution < -0.4 is 5.73 Å². The van der Waals surface area contributed by atoms with Crippen LogP contribution in [0.5, 0.6) is 0 Å². The number of aliphatic hydroxyl groups excluding tert-OH is 2. The van der Waals surface area contributed by atoms with E-state index in [4.69, 9.17) is 11.0 Å². The number of benzene rings is 1. The smallest absolute Gasteiger partial charge is 0.170 e. The van der Waals surface area contributed by atoms with Crippen molar-refractivity contribution in [1.29, 1.82) is 5.26 Å². The van der Waals surface area contributed by atoms with Gasteiger partial charge in [-0.2, -0.15) is 5.26 Å². The number of aliphatic hydroxyl groups is 2. The molecule has 0 saturated carbocycles. The largest absolute Gasteiger partial charge is 0.399 e. The molecule has 0 bridgehead atoms. The van der Waals surface area contributed by atoms with Crippen LogP contribution in [0.4, 0.5) is 5.69 Å². The first-order chi connectivity index (χ1) is 7.10. The third-order valence-corrected chi connectivity index (χ3v) is 2.32. The van der Waals surface area contributed by atoms with Crippen molar-refractivity contribution in [1.82, 2.24) is 0 Å². The van der Waals surface area contributed by atoms with Crippen LogP contribution in [0.15, 0.2) is 18.2 Å². The minimum absolute atomic E-state index is 0.509. The van der Waals surface area contributed by atoms with E-state index < -0.39 is 12.2 Å². The fourth-order valence-electron chi connectivity index (χ4n) is 1.37. The molecule has 1 rings (SSSR count). The summed E-state index contributed by atoms with van der Waals surface area (Å²) in [4.78, 5) is 0. The number of anilines is 1. The highest BCUT2D eigenvalue weighted by atomic mass is 16.3. The van der Waals surface area contributed by atoms with E-state index in [2.05, 4.69) is 0 Å². The zero-order valence-electron chi connectivity index (χ0n) is 8.51. The van der Waals surface area contributed by atoms with E-state index in [0.29, 0.717) is 11.3 Å². The normalized spacial score (nSPS) is 14.3. The van der Waals surface area contributed by atoms with Crippen molar-refractivity contribution >= 4 is 5.69 Å². The Balaban J connectivity index is 3.01. The number of aryl methyl sites for hydroxylation is 1. The molecule has 0 saturated heterocycles. The Bertz CT molecular complexity index is 385. The Morgan fingerprint density at radius 3 is 2.67 bits per heavy atom. The first-order valence-electron chi connectivity index (χ1n) is 4.74.